The fraction of sp³-hybridized carbons (Fsp3) is 0.214. The van der Waals surface area contributed by atoms with Gasteiger partial charge in [-0.25, -0.2) is 0 Å². The van der Waals surface area contributed by atoms with Gasteiger partial charge in [0.05, 0.1) is 23.7 Å². The van der Waals surface area contributed by atoms with Crippen molar-refractivity contribution in [3.8, 4) is 17.2 Å². The zero-order valence-electron chi connectivity index (χ0n) is 20.2. The van der Waals surface area contributed by atoms with Crippen molar-refractivity contribution in [3.05, 3.63) is 82.3 Å². The summed E-state index contributed by atoms with van der Waals surface area (Å²) in [5, 5.41) is 3.04. The van der Waals surface area contributed by atoms with Crippen molar-refractivity contribution in [1.82, 2.24) is 5.32 Å². The maximum Gasteiger partial charge on any atom is 0.264 e. The minimum Gasteiger partial charge on any atom is -0.496 e. The van der Waals surface area contributed by atoms with Gasteiger partial charge in [-0.2, -0.15) is 0 Å². The highest BCUT2D eigenvalue weighted by atomic mass is 32.2. The SMILES string of the molecule is COc1ccccc1/C=C1/Sc2ccc(C(=O)N[C@H](C)c3ccc4c(c3)OCCO4)cc2N(C)C1=O. The molecule has 2 aliphatic rings. The minimum absolute atomic E-state index is 0.138. The molecule has 0 saturated heterocycles. The zero-order chi connectivity index (χ0) is 25.2. The van der Waals surface area contributed by atoms with Crippen molar-refractivity contribution in [2.24, 2.45) is 0 Å². The third kappa shape index (κ3) is 4.64. The van der Waals surface area contributed by atoms with Crippen LogP contribution in [0.25, 0.3) is 6.08 Å². The van der Waals surface area contributed by atoms with E-state index >= 15 is 0 Å². The van der Waals surface area contributed by atoms with Gasteiger partial charge in [0.15, 0.2) is 11.5 Å². The topological polar surface area (TPSA) is 77.1 Å². The number of ether oxygens (including phenoxy) is 3. The molecule has 3 aromatic rings. The monoisotopic (exact) mass is 502 g/mol. The third-order valence-corrected chi connectivity index (χ3v) is 7.23. The number of rotatable bonds is 5. The smallest absolute Gasteiger partial charge is 0.264 e. The van der Waals surface area contributed by atoms with Crippen LogP contribution in [0.1, 0.15) is 34.5 Å². The van der Waals surface area contributed by atoms with Crippen molar-refractivity contribution in [2.75, 3.05) is 32.3 Å². The van der Waals surface area contributed by atoms with Crippen LogP contribution >= 0.6 is 11.8 Å². The van der Waals surface area contributed by atoms with Crippen molar-refractivity contribution in [2.45, 2.75) is 17.9 Å². The fourth-order valence-corrected chi connectivity index (χ4v) is 5.24. The van der Waals surface area contributed by atoms with E-state index in [2.05, 4.69) is 5.32 Å². The second-order valence-corrected chi connectivity index (χ2v) is 9.58. The first-order valence-electron chi connectivity index (χ1n) is 11.6. The number of fused-ring (bicyclic) bond motifs is 2. The summed E-state index contributed by atoms with van der Waals surface area (Å²) in [6.45, 7) is 2.96. The average Bonchev–Trinajstić information content (AvgIpc) is 2.91. The van der Waals surface area contributed by atoms with Gasteiger partial charge in [-0.15, -0.1) is 0 Å². The summed E-state index contributed by atoms with van der Waals surface area (Å²) < 4.78 is 16.6. The predicted octanol–water partition coefficient (Wildman–Crippen LogP) is 5.07. The first-order chi connectivity index (χ1) is 17.4. The largest absolute Gasteiger partial charge is 0.496 e. The van der Waals surface area contributed by atoms with E-state index in [0.717, 1.165) is 16.0 Å². The number of hydrogen-bond acceptors (Lipinski definition) is 6. The summed E-state index contributed by atoms with van der Waals surface area (Å²) in [6.07, 6.45) is 1.83. The second kappa shape index (κ2) is 9.99. The van der Waals surface area contributed by atoms with E-state index in [1.54, 1.807) is 31.2 Å². The molecule has 2 amide bonds. The number of anilines is 1. The normalized spacial score (nSPS) is 16.4. The van der Waals surface area contributed by atoms with Gasteiger partial charge >= 0.3 is 0 Å². The molecule has 0 spiro atoms. The summed E-state index contributed by atoms with van der Waals surface area (Å²) in [5.74, 6) is 1.73. The van der Waals surface area contributed by atoms with Gasteiger partial charge in [0.25, 0.3) is 11.8 Å². The molecular formula is C28H26N2O5S. The Morgan fingerprint density at radius 3 is 2.67 bits per heavy atom. The van der Waals surface area contributed by atoms with Gasteiger partial charge in [-0.1, -0.05) is 36.0 Å². The Hall–Kier alpha value is -3.91. The van der Waals surface area contributed by atoms with E-state index in [-0.39, 0.29) is 17.9 Å². The van der Waals surface area contributed by atoms with E-state index in [1.807, 2.05) is 61.5 Å². The summed E-state index contributed by atoms with van der Waals surface area (Å²) >= 11 is 1.38. The van der Waals surface area contributed by atoms with Crippen molar-refractivity contribution < 1.29 is 23.8 Å². The molecule has 2 aliphatic heterocycles. The van der Waals surface area contributed by atoms with Gasteiger partial charge in [-0.05, 0) is 55.0 Å². The molecule has 0 bridgehead atoms. The molecule has 0 aliphatic carbocycles. The Kier molecular flexibility index (Phi) is 6.61. The van der Waals surface area contributed by atoms with Gasteiger partial charge < -0.3 is 24.4 Å². The molecule has 0 radical (unpaired) electrons. The standard InChI is InChI=1S/C28H26N2O5S/c1-17(18-8-10-23-24(15-18)35-13-12-34-23)29-27(31)20-9-11-25-21(14-20)30(2)28(32)26(36-25)16-19-6-4-5-7-22(19)33-3/h4-11,14-17H,12-13H2,1-3H3,(H,29,31)/b26-16+/t17-/m1/s1. The van der Waals surface area contributed by atoms with Crippen LogP contribution in [0.5, 0.6) is 17.2 Å². The molecule has 5 rings (SSSR count). The quantitative estimate of drug-likeness (QED) is 0.491. The molecule has 1 atom stereocenters. The molecule has 184 valence electrons. The van der Waals surface area contributed by atoms with E-state index < -0.39 is 0 Å². The van der Waals surface area contributed by atoms with Gasteiger partial charge in [-0.3, -0.25) is 9.59 Å². The third-order valence-electron chi connectivity index (χ3n) is 6.16. The lowest BCUT2D eigenvalue weighted by atomic mass is 10.1. The lowest BCUT2D eigenvalue weighted by molar-refractivity contribution is -0.114. The minimum atomic E-state index is -0.242. The van der Waals surface area contributed by atoms with Crippen molar-refractivity contribution >= 4 is 35.3 Å². The van der Waals surface area contributed by atoms with Crippen LogP contribution in [0.15, 0.2) is 70.5 Å². The van der Waals surface area contributed by atoms with Crippen LogP contribution in [0.4, 0.5) is 5.69 Å². The number of benzene rings is 3. The van der Waals surface area contributed by atoms with Crippen LogP contribution in [0.3, 0.4) is 0 Å². The van der Waals surface area contributed by atoms with Crippen molar-refractivity contribution in [3.63, 3.8) is 0 Å². The first-order valence-corrected chi connectivity index (χ1v) is 12.4. The van der Waals surface area contributed by atoms with Crippen LogP contribution < -0.4 is 24.4 Å². The van der Waals surface area contributed by atoms with Crippen LogP contribution in [-0.4, -0.2) is 39.2 Å². The molecular weight excluding hydrogens is 476 g/mol. The highest BCUT2D eigenvalue weighted by Crippen LogP contribution is 2.42. The number of nitrogens with zero attached hydrogens (tertiary/aromatic N) is 1. The average molecular weight is 503 g/mol. The predicted molar refractivity (Wildman–Crippen MR) is 140 cm³/mol. The van der Waals surface area contributed by atoms with Gasteiger partial charge in [0, 0.05) is 23.1 Å². The van der Waals surface area contributed by atoms with E-state index in [1.165, 1.54) is 11.8 Å². The maximum absolute atomic E-state index is 13.1. The number of likely N-dealkylation sites (N-methyl/N-ethyl adjacent to an activating group) is 1. The van der Waals surface area contributed by atoms with Gasteiger partial charge in [0.1, 0.15) is 19.0 Å². The highest BCUT2D eigenvalue weighted by Gasteiger charge is 2.28. The zero-order valence-corrected chi connectivity index (χ0v) is 21.1. The maximum atomic E-state index is 13.1. The Bertz CT molecular complexity index is 1370. The number of thioether (sulfide) groups is 1. The van der Waals surface area contributed by atoms with Gasteiger partial charge in [0.2, 0.25) is 0 Å². The number of nitrogens with one attached hydrogen (secondary N) is 1. The van der Waals surface area contributed by atoms with Crippen LogP contribution in [0, 0.1) is 0 Å². The lowest BCUT2D eigenvalue weighted by Gasteiger charge is -2.27. The van der Waals surface area contributed by atoms with Crippen LogP contribution in [-0.2, 0) is 4.79 Å². The van der Waals surface area contributed by atoms with Crippen molar-refractivity contribution in [1.29, 1.82) is 0 Å². The van der Waals surface area contributed by atoms with Crippen LogP contribution in [0.2, 0.25) is 0 Å². The molecule has 0 unspecified atom stereocenters. The number of hydrogen-bond donors (Lipinski definition) is 1. The number of para-hydroxylation sites is 1. The fourth-order valence-electron chi connectivity index (χ4n) is 4.15. The Balaban J connectivity index is 1.35. The second-order valence-electron chi connectivity index (χ2n) is 8.50. The summed E-state index contributed by atoms with van der Waals surface area (Å²) in [6, 6.07) is 18.4. The molecule has 2 heterocycles. The number of methoxy groups -OCH3 is 1. The molecule has 1 N–H and O–H groups in total. The summed E-state index contributed by atoms with van der Waals surface area (Å²) in [5.41, 5.74) is 2.92. The number of amides is 2. The number of carbonyl (C=O) groups excluding carboxylic acids is 2. The molecule has 0 aromatic heterocycles. The van der Waals surface area contributed by atoms with E-state index in [0.29, 0.717) is 46.6 Å². The summed E-state index contributed by atoms with van der Waals surface area (Å²) in [4.78, 5) is 29.2. The lowest BCUT2D eigenvalue weighted by Crippen LogP contribution is -2.31. The Morgan fingerprint density at radius 2 is 1.86 bits per heavy atom. The molecule has 7 nitrogen and oxygen atoms in total. The first kappa shape index (κ1) is 23.8. The van der Waals surface area contributed by atoms with E-state index in [9.17, 15) is 9.59 Å². The molecule has 36 heavy (non-hydrogen) atoms. The molecule has 8 heteroatoms. The Morgan fingerprint density at radius 1 is 1.08 bits per heavy atom. The van der Waals surface area contributed by atoms with E-state index in [4.69, 9.17) is 14.2 Å². The summed E-state index contributed by atoms with van der Waals surface area (Å²) in [7, 11) is 3.33. The number of carbonyl (C=O) groups is 2. The molecule has 3 aromatic carbocycles. The Labute approximate surface area is 214 Å². The molecule has 0 fully saturated rings. The molecule has 0 saturated carbocycles. The highest BCUT2D eigenvalue weighted by molar-refractivity contribution is 8.04.